The summed E-state index contributed by atoms with van der Waals surface area (Å²) < 4.78 is 59.1. The second kappa shape index (κ2) is 5.97. The summed E-state index contributed by atoms with van der Waals surface area (Å²) in [5.74, 6) is -0.976. The minimum Gasteiger partial charge on any atom is -0.496 e. The number of hydrogen-bond donors (Lipinski definition) is 1. The second-order valence-electron chi connectivity index (χ2n) is 4.59. The number of benzene rings is 1. The number of piperazine rings is 1. The lowest BCUT2D eigenvalue weighted by Crippen LogP contribution is -2.49. The maximum absolute atomic E-state index is 14.0. The molecule has 7 heteroatoms. The van der Waals surface area contributed by atoms with Crippen LogP contribution in [-0.4, -0.2) is 44.4 Å². The number of halogens is 4. The van der Waals surface area contributed by atoms with E-state index < -0.39 is 23.6 Å². The van der Waals surface area contributed by atoms with Crippen molar-refractivity contribution in [1.82, 2.24) is 10.2 Å². The maximum Gasteiger partial charge on any atom is 0.408 e. The molecular weight excluding hydrogens is 276 g/mol. The number of methoxy groups -OCH3 is 1. The van der Waals surface area contributed by atoms with Gasteiger partial charge in [0.05, 0.1) is 12.7 Å². The van der Waals surface area contributed by atoms with Gasteiger partial charge in [0.15, 0.2) is 0 Å². The summed E-state index contributed by atoms with van der Waals surface area (Å²) in [6.07, 6.45) is -4.56. The van der Waals surface area contributed by atoms with Crippen molar-refractivity contribution in [3.63, 3.8) is 0 Å². The van der Waals surface area contributed by atoms with Gasteiger partial charge in [0, 0.05) is 26.2 Å². The zero-order valence-electron chi connectivity index (χ0n) is 11.0. The number of hydrogen-bond acceptors (Lipinski definition) is 3. The first-order valence-corrected chi connectivity index (χ1v) is 6.29. The molecule has 1 saturated heterocycles. The SMILES string of the molecule is COc1cccc(F)c1[C@@H](N1CCNCC1)C(F)(F)F. The third kappa shape index (κ3) is 3.04. The minimum absolute atomic E-state index is 0.0779. The monoisotopic (exact) mass is 292 g/mol. The van der Waals surface area contributed by atoms with Gasteiger partial charge in [0.2, 0.25) is 0 Å². The molecule has 0 bridgehead atoms. The summed E-state index contributed by atoms with van der Waals surface area (Å²) >= 11 is 0. The highest BCUT2D eigenvalue weighted by Gasteiger charge is 2.47. The molecule has 20 heavy (non-hydrogen) atoms. The predicted molar refractivity (Wildman–Crippen MR) is 66.2 cm³/mol. The van der Waals surface area contributed by atoms with Crippen molar-refractivity contribution in [2.75, 3.05) is 33.3 Å². The molecule has 0 radical (unpaired) electrons. The second-order valence-corrected chi connectivity index (χ2v) is 4.59. The van der Waals surface area contributed by atoms with Crippen LogP contribution in [0.1, 0.15) is 11.6 Å². The van der Waals surface area contributed by atoms with Gasteiger partial charge in [0.25, 0.3) is 0 Å². The molecule has 3 nitrogen and oxygen atoms in total. The highest BCUT2D eigenvalue weighted by atomic mass is 19.4. The first-order chi connectivity index (χ1) is 9.45. The van der Waals surface area contributed by atoms with Gasteiger partial charge in [-0.05, 0) is 12.1 Å². The lowest BCUT2D eigenvalue weighted by atomic mass is 10.0. The van der Waals surface area contributed by atoms with Crippen molar-refractivity contribution < 1.29 is 22.3 Å². The van der Waals surface area contributed by atoms with Crippen LogP contribution in [0.15, 0.2) is 18.2 Å². The summed E-state index contributed by atoms with van der Waals surface area (Å²) in [6, 6.07) is 1.72. The van der Waals surface area contributed by atoms with Crippen LogP contribution in [0.4, 0.5) is 17.6 Å². The average molecular weight is 292 g/mol. The molecule has 1 aliphatic rings. The molecule has 1 heterocycles. The largest absolute Gasteiger partial charge is 0.496 e. The molecule has 1 aromatic carbocycles. The highest BCUT2D eigenvalue weighted by molar-refractivity contribution is 5.38. The lowest BCUT2D eigenvalue weighted by molar-refractivity contribution is -0.189. The molecule has 2 rings (SSSR count). The number of rotatable bonds is 3. The zero-order chi connectivity index (χ0) is 14.8. The van der Waals surface area contributed by atoms with E-state index in [1.165, 1.54) is 24.1 Å². The molecule has 0 aromatic heterocycles. The van der Waals surface area contributed by atoms with Gasteiger partial charge in [-0.2, -0.15) is 13.2 Å². The molecule has 0 saturated carbocycles. The first-order valence-electron chi connectivity index (χ1n) is 6.29. The predicted octanol–water partition coefficient (Wildman–Crippen LogP) is 2.34. The molecule has 0 spiro atoms. The minimum atomic E-state index is -4.56. The standard InChI is InChI=1S/C13H16F4N2O/c1-20-10-4-2-3-9(14)11(10)12(13(15,16)17)19-7-5-18-6-8-19/h2-4,12,18H,5-8H2,1H3/t12-/m1/s1. The topological polar surface area (TPSA) is 24.5 Å². The average Bonchev–Trinajstić information content (AvgIpc) is 2.40. The van der Waals surface area contributed by atoms with Crippen molar-refractivity contribution >= 4 is 0 Å². The van der Waals surface area contributed by atoms with Crippen LogP contribution in [0.3, 0.4) is 0 Å². The van der Waals surface area contributed by atoms with E-state index in [-0.39, 0.29) is 18.8 Å². The Kier molecular flexibility index (Phi) is 4.49. The molecule has 1 atom stereocenters. The van der Waals surface area contributed by atoms with E-state index in [0.717, 1.165) is 6.07 Å². The van der Waals surface area contributed by atoms with E-state index in [9.17, 15) is 17.6 Å². The van der Waals surface area contributed by atoms with Gasteiger partial charge in [-0.25, -0.2) is 4.39 Å². The molecule has 112 valence electrons. The quantitative estimate of drug-likeness (QED) is 0.866. The Hall–Kier alpha value is -1.34. The van der Waals surface area contributed by atoms with Gasteiger partial charge < -0.3 is 10.1 Å². The Labute approximate surface area is 114 Å². The molecule has 0 amide bonds. The molecule has 1 N–H and O–H groups in total. The summed E-state index contributed by atoms with van der Waals surface area (Å²) in [7, 11) is 1.24. The summed E-state index contributed by atoms with van der Waals surface area (Å²) in [5, 5.41) is 2.98. The first kappa shape index (κ1) is 15.1. The highest BCUT2D eigenvalue weighted by Crippen LogP contribution is 2.42. The van der Waals surface area contributed by atoms with Crippen LogP contribution in [0.2, 0.25) is 0 Å². The van der Waals surface area contributed by atoms with Gasteiger partial charge in [-0.15, -0.1) is 0 Å². The van der Waals surface area contributed by atoms with Gasteiger partial charge >= 0.3 is 6.18 Å². The van der Waals surface area contributed by atoms with Crippen LogP contribution in [0.5, 0.6) is 5.75 Å². The van der Waals surface area contributed by atoms with E-state index >= 15 is 0 Å². The Morgan fingerprint density at radius 3 is 2.45 bits per heavy atom. The number of nitrogens with one attached hydrogen (secondary N) is 1. The summed E-state index contributed by atoms with van der Waals surface area (Å²) in [5.41, 5.74) is -0.440. The fraction of sp³-hybridized carbons (Fsp3) is 0.538. The van der Waals surface area contributed by atoms with E-state index in [0.29, 0.717) is 13.1 Å². The van der Waals surface area contributed by atoms with Crippen molar-refractivity contribution in [3.8, 4) is 5.75 Å². The molecule has 1 aliphatic heterocycles. The Balaban J connectivity index is 2.46. The smallest absolute Gasteiger partial charge is 0.408 e. The van der Waals surface area contributed by atoms with Crippen LogP contribution < -0.4 is 10.1 Å². The Bertz CT molecular complexity index is 458. The maximum atomic E-state index is 14.0. The zero-order valence-corrected chi connectivity index (χ0v) is 11.0. The summed E-state index contributed by atoms with van der Waals surface area (Å²) in [6.45, 7) is 1.32. The fourth-order valence-electron chi connectivity index (χ4n) is 2.45. The van der Waals surface area contributed by atoms with Gasteiger partial charge in [-0.1, -0.05) is 6.07 Å². The van der Waals surface area contributed by atoms with E-state index in [1.54, 1.807) is 0 Å². The lowest BCUT2D eigenvalue weighted by Gasteiger charge is -2.36. The Morgan fingerprint density at radius 2 is 1.90 bits per heavy atom. The number of alkyl halides is 3. The van der Waals surface area contributed by atoms with Crippen LogP contribution in [-0.2, 0) is 0 Å². The molecular formula is C13H16F4N2O. The van der Waals surface area contributed by atoms with E-state index in [1.807, 2.05) is 0 Å². The molecule has 0 unspecified atom stereocenters. The van der Waals surface area contributed by atoms with Gasteiger partial charge in [-0.3, -0.25) is 4.90 Å². The fourth-order valence-corrected chi connectivity index (χ4v) is 2.45. The molecule has 0 aliphatic carbocycles. The van der Waals surface area contributed by atoms with E-state index in [2.05, 4.69) is 5.32 Å². The van der Waals surface area contributed by atoms with Crippen LogP contribution in [0, 0.1) is 5.82 Å². The van der Waals surface area contributed by atoms with E-state index in [4.69, 9.17) is 4.74 Å². The normalized spacial score (nSPS) is 18.9. The summed E-state index contributed by atoms with van der Waals surface area (Å²) in [4.78, 5) is 1.23. The third-order valence-corrected chi connectivity index (χ3v) is 3.33. The van der Waals surface area contributed by atoms with Crippen molar-refractivity contribution in [3.05, 3.63) is 29.6 Å². The van der Waals surface area contributed by atoms with Crippen LogP contribution in [0.25, 0.3) is 0 Å². The molecule has 1 aromatic rings. The third-order valence-electron chi connectivity index (χ3n) is 3.33. The van der Waals surface area contributed by atoms with Crippen molar-refractivity contribution in [1.29, 1.82) is 0 Å². The van der Waals surface area contributed by atoms with Crippen LogP contribution >= 0.6 is 0 Å². The van der Waals surface area contributed by atoms with Crippen molar-refractivity contribution in [2.24, 2.45) is 0 Å². The van der Waals surface area contributed by atoms with Gasteiger partial charge in [0.1, 0.15) is 17.6 Å². The number of ether oxygens (including phenoxy) is 1. The van der Waals surface area contributed by atoms with Crippen molar-refractivity contribution in [2.45, 2.75) is 12.2 Å². The Morgan fingerprint density at radius 1 is 1.25 bits per heavy atom. The molecule has 1 fully saturated rings. The number of nitrogens with zero attached hydrogens (tertiary/aromatic N) is 1.